The third kappa shape index (κ3) is 5.30. The Morgan fingerprint density at radius 1 is 1.47 bits per heavy atom. The van der Waals surface area contributed by atoms with Crippen LogP contribution in [0.3, 0.4) is 0 Å². The predicted molar refractivity (Wildman–Crippen MR) is 76.6 cm³/mol. The SMILES string of the molecule is CCS(=O)(=O)N1CCCC(C(=O)NCC=C(Cl)Cl)C1. The van der Waals surface area contributed by atoms with Gasteiger partial charge in [0.25, 0.3) is 0 Å². The Kier molecular flexibility index (Phi) is 6.59. The van der Waals surface area contributed by atoms with Gasteiger partial charge in [-0.25, -0.2) is 12.7 Å². The molecular weight excluding hydrogens is 311 g/mol. The van der Waals surface area contributed by atoms with Gasteiger partial charge >= 0.3 is 0 Å². The lowest BCUT2D eigenvalue weighted by molar-refractivity contribution is -0.125. The molecule has 0 saturated carbocycles. The zero-order chi connectivity index (χ0) is 14.5. The van der Waals surface area contributed by atoms with Crippen molar-refractivity contribution in [3.8, 4) is 0 Å². The first kappa shape index (κ1) is 16.8. The average molecular weight is 329 g/mol. The minimum absolute atomic E-state index is 0.0614. The molecule has 8 heteroatoms. The van der Waals surface area contributed by atoms with Crippen LogP contribution in [0.15, 0.2) is 10.6 Å². The molecule has 0 aromatic heterocycles. The first-order valence-electron chi connectivity index (χ1n) is 6.13. The highest BCUT2D eigenvalue weighted by molar-refractivity contribution is 7.89. The van der Waals surface area contributed by atoms with Crippen LogP contribution in [0.5, 0.6) is 0 Å². The number of amides is 1. The smallest absolute Gasteiger partial charge is 0.224 e. The lowest BCUT2D eigenvalue weighted by Gasteiger charge is -2.30. The second kappa shape index (κ2) is 7.47. The molecule has 1 aliphatic rings. The van der Waals surface area contributed by atoms with Gasteiger partial charge in [0, 0.05) is 19.6 Å². The molecule has 0 radical (unpaired) electrons. The number of carbonyl (C=O) groups is 1. The van der Waals surface area contributed by atoms with Crippen molar-refractivity contribution in [1.29, 1.82) is 0 Å². The fourth-order valence-corrected chi connectivity index (χ4v) is 3.30. The summed E-state index contributed by atoms with van der Waals surface area (Å²) in [6.45, 7) is 2.60. The lowest BCUT2D eigenvalue weighted by Crippen LogP contribution is -2.45. The van der Waals surface area contributed by atoms with Gasteiger partial charge in [0.15, 0.2) is 0 Å². The van der Waals surface area contributed by atoms with Gasteiger partial charge in [-0.05, 0) is 25.8 Å². The van der Waals surface area contributed by atoms with Crippen LogP contribution in [0.25, 0.3) is 0 Å². The number of hydrogen-bond acceptors (Lipinski definition) is 3. The van der Waals surface area contributed by atoms with Gasteiger partial charge in [0.05, 0.1) is 11.7 Å². The summed E-state index contributed by atoms with van der Waals surface area (Å²) in [4.78, 5) is 11.9. The maximum absolute atomic E-state index is 11.9. The number of piperidine rings is 1. The van der Waals surface area contributed by atoms with Crippen LogP contribution in [0, 0.1) is 5.92 Å². The Bertz CT molecular complexity index is 447. The minimum Gasteiger partial charge on any atom is -0.352 e. The maximum atomic E-state index is 11.9. The summed E-state index contributed by atoms with van der Waals surface area (Å²) >= 11 is 10.9. The van der Waals surface area contributed by atoms with Crippen molar-refractivity contribution in [2.24, 2.45) is 5.92 Å². The van der Waals surface area contributed by atoms with Crippen LogP contribution in [0.2, 0.25) is 0 Å². The van der Waals surface area contributed by atoms with Crippen molar-refractivity contribution < 1.29 is 13.2 Å². The molecule has 1 aliphatic heterocycles. The number of nitrogens with one attached hydrogen (secondary N) is 1. The zero-order valence-corrected chi connectivity index (χ0v) is 13.1. The zero-order valence-electron chi connectivity index (χ0n) is 10.7. The Hall–Kier alpha value is -0.300. The number of nitrogens with zero attached hydrogens (tertiary/aromatic N) is 1. The molecule has 1 rings (SSSR count). The first-order valence-corrected chi connectivity index (χ1v) is 8.50. The van der Waals surface area contributed by atoms with Crippen LogP contribution in [-0.4, -0.2) is 44.0 Å². The minimum atomic E-state index is -3.22. The Morgan fingerprint density at radius 2 is 2.16 bits per heavy atom. The van der Waals surface area contributed by atoms with Crippen molar-refractivity contribution in [2.45, 2.75) is 19.8 Å². The van der Waals surface area contributed by atoms with E-state index in [0.717, 1.165) is 0 Å². The van der Waals surface area contributed by atoms with Gasteiger partial charge in [-0.3, -0.25) is 4.79 Å². The van der Waals surface area contributed by atoms with Crippen molar-refractivity contribution in [3.05, 3.63) is 10.6 Å². The van der Waals surface area contributed by atoms with E-state index in [1.165, 1.54) is 10.4 Å². The fraction of sp³-hybridized carbons (Fsp3) is 0.727. The summed E-state index contributed by atoms with van der Waals surface area (Å²) in [6.07, 6.45) is 2.87. The molecule has 110 valence electrons. The number of sulfonamides is 1. The second-order valence-corrected chi connectivity index (χ2v) is 7.60. The summed E-state index contributed by atoms with van der Waals surface area (Å²) < 4.78 is 25.0. The highest BCUT2D eigenvalue weighted by Crippen LogP contribution is 2.19. The topological polar surface area (TPSA) is 66.5 Å². The molecule has 1 heterocycles. The summed E-state index contributed by atoms with van der Waals surface area (Å²) in [6, 6.07) is 0. The molecule has 5 nitrogen and oxygen atoms in total. The van der Waals surface area contributed by atoms with E-state index in [9.17, 15) is 13.2 Å². The molecule has 1 unspecified atom stereocenters. The molecule has 0 aromatic carbocycles. The van der Waals surface area contributed by atoms with Gasteiger partial charge in [0.2, 0.25) is 15.9 Å². The van der Waals surface area contributed by atoms with Crippen molar-refractivity contribution in [2.75, 3.05) is 25.4 Å². The predicted octanol–water partition coefficient (Wildman–Crippen LogP) is 1.48. The molecule has 0 aromatic rings. The molecule has 1 N–H and O–H groups in total. The summed E-state index contributed by atoms with van der Waals surface area (Å²) in [5, 5.41) is 2.67. The van der Waals surface area contributed by atoms with Crippen molar-refractivity contribution >= 4 is 39.1 Å². The van der Waals surface area contributed by atoms with Gasteiger partial charge in [-0.2, -0.15) is 0 Å². The Labute approximate surface area is 124 Å². The van der Waals surface area contributed by atoms with E-state index in [4.69, 9.17) is 23.2 Å². The summed E-state index contributed by atoms with van der Waals surface area (Å²) in [7, 11) is -3.22. The molecular formula is C11H18Cl2N2O3S. The number of hydrogen-bond donors (Lipinski definition) is 1. The largest absolute Gasteiger partial charge is 0.352 e. The van der Waals surface area contributed by atoms with E-state index in [2.05, 4.69) is 5.32 Å². The van der Waals surface area contributed by atoms with E-state index in [1.54, 1.807) is 6.92 Å². The van der Waals surface area contributed by atoms with Crippen LogP contribution in [-0.2, 0) is 14.8 Å². The Morgan fingerprint density at radius 3 is 2.74 bits per heavy atom. The van der Waals surface area contributed by atoms with Crippen molar-refractivity contribution in [3.63, 3.8) is 0 Å². The Balaban J connectivity index is 2.55. The standard InChI is InChI=1S/C11H18Cl2N2O3S/c1-2-19(17,18)15-7-3-4-9(8-15)11(16)14-6-5-10(12)13/h5,9H,2-4,6-8H2,1H3,(H,14,16). The first-order chi connectivity index (χ1) is 8.86. The molecule has 0 spiro atoms. The highest BCUT2D eigenvalue weighted by Gasteiger charge is 2.31. The molecule has 1 saturated heterocycles. The van der Waals surface area contributed by atoms with E-state index in [-0.39, 0.29) is 35.2 Å². The third-order valence-corrected chi connectivity index (χ3v) is 5.20. The van der Waals surface area contributed by atoms with E-state index in [1.807, 2.05) is 0 Å². The normalized spacial score (nSPS) is 20.9. The third-order valence-electron chi connectivity index (χ3n) is 3.05. The van der Waals surface area contributed by atoms with Crippen LogP contribution in [0.1, 0.15) is 19.8 Å². The van der Waals surface area contributed by atoms with E-state index >= 15 is 0 Å². The molecule has 0 aliphatic carbocycles. The molecule has 0 bridgehead atoms. The van der Waals surface area contributed by atoms with Gasteiger partial charge in [-0.15, -0.1) is 0 Å². The van der Waals surface area contributed by atoms with E-state index in [0.29, 0.717) is 19.4 Å². The van der Waals surface area contributed by atoms with Gasteiger partial charge < -0.3 is 5.32 Å². The average Bonchev–Trinajstić information content (AvgIpc) is 2.38. The number of rotatable bonds is 5. The molecule has 1 fully saturated rings. The molecule has 1 amide bonds. The van der Waals surface area contributed by atoms with Crippen LogP contribution >= 0.6 is 23.2 Å². The second-order valence-electron chi connectivity index (χ2n) is 4.34. The maximum Gasteiger partial charge on any atom is 0.224 e. The fourth-order valence-electron chi connectivity index (χ4n) is 1.96. The number of halogens is 2. The summed E-state index contributed by atoms with van der Waals surface area (Å²) in [5.74, 6) is -0.411. The lowest BCUT2D eigenvalue weighted by atomic mass is 9.99. The quantitative estimate of drug-likeness (QED) is 0.831. The van der Waals surface area contributed by atoms with Crippen LogP contribution < -0.4 is 5.32 Å². The molecule has 1 atom stereocenters. The highest BCUT2D eigenvalue weighted by atomic mass is 35.5. The van der Waals surface area contributed by atoms with Crippen molar-refractivity contribution in [1.82, 2.24) is 9.62 Å². The number of carbonyl (C=O) groups excluding carboxylic acids is 1. The molecule has 19 heavy (non-hydrogen) atoms. The summed E-state index contributed by atoms with van der Waals surface area (Å²) in [5.41, 5.74) is 0. The van der Waals surface area contributed by atoms with Gasteiger partial charge in [-0.1, -0.05) is 23.2 Å². The van der Waals surface area contributed by atoms with E-state index < -0.39 is 10.0 Å². The van der Waals surface area contributed by atoms with Gasteiger partial charge in [0.1, 0.15) is 4.49 Å². The van der Waals surface area contributed by atoms with Crippen LogP contribution in [0.4, 0.5) is 0 Å². The monoisotopic (exact) mass is 328 g/mol.